The van der Waals surface area contributed by atoms with Crippen LogP contribution in [0.25, 0.3) is 5.65 Å². The predicted molar refractivity (Wildman–Crippen MR) is 116 cm³/mol. The van der Waals surface area contributed by atoms with Crippen LogP contribution in [-0.4, -0.2) is 57.7 Å². The third kappa shape index (κ3) is 5.50. The lowest BCUT2D eigenvalue weighted by atomic mass is 10.1. The number of alkyl halides is 3. The second-order valence-electron chi connectivity index (χ2n) is 7.46. The van der Waals surface area contributed by atoms with Crippen molar-refractivity contribution in [1.82, 2.24) is 30.1 Å². The van der Waals surface area contributed by atoms with Crippen molar-refractivity contribution >= 4 is 35.6 Å². The molecule has 1 aliphatic heterocycles. The van der Waals surface area contributed by atoms with Crippen LogP contribution in [0.2, 0.25) is 0 Å². The van der Waals surface area contributed by atoms with E-state index in [1.165, 1.54) is 10.5 Å². The molecular formula is C18H27F3IN7. The Labute approximate surface area is 185 Å². The molecule has 2 atom stereocenters. The molecule has 0 aliphatic carbocycles. The highest BCUT2D eigenvalue weighted by Gasteiger charge is 2.32. The maximum atomic E-state index is 13.0. The van der Waals surface area contributed by atoms with E-state index in [-0.39, 0.29) is 36.6 Å². The molecule has 1 aliphatic rings. The number of nitrogens with one attached hydrogen (secondary N) is 2. The molecule has 1 saturated heterocycles. The van der Waals surface area contributed by atoms with Gasteiger partial charge in [0.1, 0.15) is 0 Å². The molecule has 29 heavy (non-hydrogen) atoms. The van der Waals surface area contributed by atoms with Crippen LogP contribution in [0, 0.1) is 5.92 Å². The van der Waals surface area contributed by atoms with Gasteiger partial charge in [0.2, 0.25) is 0 Å². The molecule has 3 rings (SSSR count). The van der Waals surface area contributed by atoms with Gasteiger partial charge in [-0.1, -0.05) is 6.92 Å². The number of hydrogen-bond donors (Lipinski definition) is 2. The summed E-state index contributed by atoms with van der Waals surface area (Å²) >= 11 is 0. The average Bonchev–Trinajstić information content (AvgIpc) is 3.21. The summed E-state index contributed by atoms with van der Waals surface area (Å²) in [7, 11) is 1.67. The lowest BCUT2D eigenvalue weighted by Crippen LogP contribution is -2.46. The van der Waals surface area contributed by atoms with E-state index in [0.717, 1.165) is 25.4 Å². The highest BCUT2D eigenvalue weighted by atomic mass is 127. The quantitative estimate of drug-likeness (QED) is 0.365. The van der Waals surface area contributed by atoms with Crippen LogP contribution >= 0.6 is 24.0 Å². The summed E-state index contributed by atoms with van der Waals surface area (Å²) in [6, 6.07) is 3.05. The van der Waals surface area contributed by atoms with Gasteiger partial charge in [0.15, 0.2) is 17.4 Å². The average molecular weight is 525 g/mol. The highest BCUT2D eigenvalue weighted by molar-refractivity contribution is 14.0. The minimum atomic E-state index is -4.42. The van der Waals surface area contributed by atoms with Crippen LogP contribution in [-0.2, 0) is 12.7 Å². The van der Waals surface area contributed by atoms with Crippen molar-refractivity contribution < 1.29 is 13.2 Å². The van der Waals surface area contributed by atoms with Gasteiger partial charge in [-0.15, -0.1) is 34.2 Å². The molecule has 3 heterocycles. The van der Waals surface area contributed by atoms with Crippen molar-refractivity contribution in [3.8, 4) is 0 Å². The summed E-state index contributed by atoms with van der Waals surface area (Å²) in [4.78, 5) is 6.63. The molecule has 7 nitrogen and oxygen atoms in total. The van der Waals surface area contributed by atoms with Crippen molar-refractivity contribution in [2.45, 2.75) is 45.6 Å². The number of hydrogen-bond acceptors (Lipinski definition) is 4. The van der Waals surface area contributed by atoms with Gasteiger partial charge in [-0.2, -0.15) is 13.2 Å². The minimum Gasteiger partial charge on any atom is -0.352 e. The Balaban J connectivity index is 0.00000300. The minimum absolute atomic E-state index is 0. The van der Waals surface area contributed by atoms with E-state index in [1.807, 2.05) is 0 Å². The van der Waals surface area contributed by atoms with E-state index >= 15 is 0 Å². The number of aromatic nitrogens is 3. The van der Waals surface area contributed by atoms with Crippen LogP contribution in [0.15, 0.2) is 23.3 Å². The Morgan fingerprint density at radius 1 is 1.28 bits per heavy atom. The Hall–Kier alpha value is -1.63. The van der Waals surface area contributed by atoms with Crippen molar-refractivity contribution in [1.29, 1.82) is 0 Å². The van der Waals surface area contributed by atoms with Gasteiger partial charge in [-0.3, -0.25) is 14.3 Å². The van der Waals surface area contributed by atoms with Gasteiger partial charge < -0.3 is 10.6 Å². The Morgan fingerprint density at radius 2 is 2.00 bits per heavy atom. The van der Waals surface area contributed by atoms with E-state index in [0.29, 0.717) is 29.4 Å². The summed E-state index contributed by atoms with van der Waals surface area (Å²) in [6.07, 6.45) is -3.40. The summed E-state index contributed by atoms with van der Waals surface area (Å²) in [5.74, 6) is 1.43. The van der Waals surface area contributed by atoms with Crippen molar-refractivity contribution in [3.05, 3.63) is 29.7 Å². The number of guanidine groups is 1. The first-order valence-electron chi connectivity index (χ1n) is 9.31. The molecule has 2 aromatic rings. The topological polar surface area (TPSA) is 69.8 Å². The van der Waals surface area contributed by atoms with Gasteiger partial charge in [0, 0.05) is 38.4 Å². The second kappa shape index (κ2) is 9.45. The number of pyridine rings is 1. The SMILES string of the molecule is CN=C(NCc1nnc2ccc(C(F)(F)F)cn12)NC1CN(C(C)C)CC1C.I. The van der Waals surface area contributed by atoms with Crippen molar-refractivity contribution in [2.24, 2.45) is 10.9 Å². The first-order chi connectivity index (χ1) is 13.2. The molecule has 0 radical (unpaired) electrons. The molecule has 0 spiro atoms. The van der Waals surface area contributed by atoms with Crippen LogP contribution in [0.3, 0.4) is 0 Å². The molecule has 11 heteroatoms. The molecule has 0 aromatic carbocycles. The number of aliphatic imine (C=N–C) groups is 1. The largest absolute Gasteiger partial charge is 0.417 e. The molecule has 1 fully saturated rings. The maximum Gasteiger partial charge on any atom is 0.417 e. The van der Waals surface area contributed by atoms with E-state index in [9.17, 15) is 13.2 Å². The fourth-order valence-electron chi connectivity index (χ4n) is 3.37. The van der Waals surface area contributed by atoms with Crippen LogP contribution in [0.1, 0.15) is 32.2 Å². The molecule has 2 aromatic heterocycles. The molecule has 162 valence electrons. The molecular weight excluding hydrogens is 498 g/mol. The zero-order valence-corrected chi connectivity index (χ0v) is 19.2. The summed E-state index contributed by atoms with van der Waals surface area (Å²) < 4.78 is 40.3. The van der Waals surface area contributed by atoms with Crippen LogP contribution < -0.4 is 10.6 Å². The highest BCUT2D eigenvalue weighted by Crippen LogP contribution is 2.29. The zero-order valence-electron chi connectivity index (χ0n) is 16.9. The predicted octanol–water partition coefficient (Wildman–Crippen LogP) is 2.76. The van der Waals surface area contributed by atoms with Crippen molar-refractivity contribution in [2.75, 3.05) is 20.1 Å². The van der Waals surface area contributed by atoms with Gasteiger partial charge in [0.05, 0.1) is 12.1 Å². The number of fused-ring (bicyclic) bond motifs is 1. The normalized spacial score (nSPS) is 20.9. The second-order valence-corrected chi connectivity index (χ2v) is 7.46. The number of likely N-dealkylation sites (tertiary alicyclic amines) is 1. The Kier molecular flexibility index (Phi) is 7.71. The standard InChI is InChI=1S/C18H26F3N7.HI/c1-11(2)27-8-12(3)14(10-27)24-17(22-4)23-7-16-26-25-15-6-5-13(9-28(15)16)18(19,20)21;/h5-6,9,11-12,14H,7-8,10H2,1-4H3,(H2,22,23,24);1H. The Morgan fingerprint density at radius 3 is 2.59 bits per heavy atom. The zero-order chi connectivity index (χ0) is 20.5. The molecule has 2 N–H and O–H groups in total. The summed E-state index contributed by atoms with van der Waals surface area (Å²) in [6.45, 7) is 8.68. The van der Waals surface area contributed by atoms with Gasteiger partial charge in [0.25, 0.3) is 0 Å². The lowest BCUT2D eigenvalue weighted by molar-refractivity contribution is -0.137. The summed E-state index contributed by atoms with van der Waals surface area (Å²) in [5.41, 5.74) is -0.373. The summed E-state index contributed by atoms with van der Waals surface area (Å²) in [5, 5.41) is 14.5. The van der Waals surface area contributed by atoms with Gasteiger partial charge >= 0.3 is 6.18 Å². The Bertz CT molecular complexity index is 850. The fourth-order valence-corrected chi connectivity index (χ4v) is 3.37. The van der Waals surface area contributed by atoms with Gasteiger partial charge in [-0.25, -0.2) is 0 Å². The smallest absolute Gasteiger partial charge is 0.352 e. The first-order valence-corrected chi connectivity index (χ1v) is 9.31. The van der Waals surface area contributed by atoms with E-state index in [4.69, 9.17) is 0 Å². The van der Waals surface area contributed by atoms with E-state index < -0.39 is 11.7 Å². The molecule has 2 unspecified atom stereocenters. The third-order valence-electron chi connectivity index (χ3n) is 5.13. The van der Waals surface area contributed by atoms with Crippen LogP contribution in [0.5, 0.6) is 0 Å². The first kappa shape index (κ1) is 23.6. The molecule has 0 saturated carbocycles. The number of halogens is 4. The maximum absolute atomic E-state index is 13.0. The van der Waals surface area contributed by atoms with Gasteiger partial charge in [-0.05, 0) is 31.9 Å². The van der Waals surface area contributed by atoms with E-state index in [2.05, 4.69) is 51.5 Å². The monoisotopic (exact) mass is 525 g/mol. The lowest BCUT2D eigenvalue weighted by Gasteiger charge is -2.21. The number of nitrogens with zero attached hydrogens (tertiary/aromatic N) is 5. The number of rotatable bonds is 4. The fraction of sp³-hybridized carbons (Fsp3) is 0.611. The van der Waals surface area contributed by atoms with Crippen molar-refractivity contribution in [3.63, 3.8) is 0 Å². The van der Waals surface area contributed by atoms with Crippen LogP contribution in [0.4, 0.5) is 13.2 Å². The third-order valence-corrected chi connectivity index (χ3v) is 5.13. The molecule has 0 amide bonds. The van der Waals surface area contributed by atoms with E-state index in [1.54, 1.807) is 7.05 Å². The molecule has 0 bridgehead atoms.